The number of anilines is 1. The molecule has 24 heavy (non-hydrogen) atoms. The third kappa shape index (κ3) is 4.20. The SMILES string of the molecule is O=C(C1CCCO1)N1CCN(C(=S)Nc2ccc(Br)c(Cl)c2)CC1. The lowest BCUT2D eigenvalue weighted by molar-refractivity contribution is -0.142. The van der Waals surface area contributed by atoms with Crippen molar-refractivity contribution in [3.05, 3.63) is 27.7 Å². The van der Waals surface area contributed by atoms with Crippen LogP contribution in [0.1, 0.15) is 12.8 Å². The number of nitrogens with one attached hydrogen (secondary N) is 1. The first-order valence-corrected chi connectivity index (χ1v) is 9.54. The van der Waals surface area contributed by atoms with Gasteiger partial charge in [0.1, 0.15) is 6.10 Å². The van der Waals surface area contributed by atoms with Gasteiger partial charge < -0.3 is 19.9 Å². The normalized spacial score (nSPS) is 21.0. The maximum Gasteiger partial charge on any atom is 0.251 e. The summed E-state index contributed by atoms with van der Waals surface area (Å²) in [6.45, 7) is 3.46. The van der Waals surface area contributed by atoms with Crippen molar-refractivity contribution in [1.82, 2.24) is 9.80 Å². The van der Waals surface area contributed by atoms with Crippen LogP contribution >= 0.6 is 39.7 Å². The maximum absolute atomic E-state index is 12.4. The van der Waals surface area contributed by atoms with E-state index in [1.165, 1.54) is 0 Å². The predicted molar refractivity (Wildman–Crippen MR) is 102 cm³/mol. The van der Waals surface area contributed by atoms with Crippen molar-refractivity contribution in [2.24, 2.45) is 0 Å². The van der Waals surface area contributed by atoms with E-state index in [-0.39, 0.29) is 12.0 Å². The number of nitrogens with zero attached hydrogens (tertiary/aromatic N) is 2. The van der Waals surface area contributed by atoms with Gasteiger partial charge in [-0.3, -0.25) is 4.79 Å². The summed E-state index contributed by atoms with van der Waals surface area (Å²) in [5.41, 5.74) is 0.853. The van der Waals surface area contributed by atoms with E-state index >= 15 is 0 Å². The highest BCUT2D eigenvalue weighted by atomic mass is 79.9. The average Bonchev–Trinajstić information content (AvgIpc) is 3.12. The van der Waals surface area contributed by atoms with Crippen LogP contribution in [0.5, 0.6) is 0 Å². The molecule has 8 heteroatoms. The summed E-state index contributed by atoms with van der Waals surface area (Å²) in [6, 6.07) is 5.63. The molecule has 1 atom stereocenters. The van der Waals surface area contributed by atoms with Crippen molar-refractivity contribution < 1.29 is 9.53 Å². The Kier molecular flexibility index (Phi) is 5.97. The molecule has 2 saturated heterocycles. The average molecular weight is 433 g/mol. The number of halogens is 2. The molecular formula is C16H19BrClN3O2S. The summed E-state index contributed by atoms with van der Waals surface area (Å²) in [5.74, 6) is 0.116. The number of piperazine rings is 1. The Morgan fingerprint density at radius 3 is 2.62 bits per heavy atom. The van der Waals surface area contributed by atoms with Crippen molar-refractivity contribution >= 4 is 56.5 Å². The fourth-order valence-electron chi connectivity index (χ4n) is 2.88. The van der Waals surface area contributed by atoms with E-state index < -0.39 is 0 Å². The monoisotopic (exact) mass is 431 g/mol. The van der Waals surface area contributed by atoms with Crippen LogP contribution in [0.15, 0.2) is 22.7 Å². The van der Waals surface area contributed by atoms with Gasteiger partial charge in [0.05, 0.1) is 5.02 Å². The summed E-state index contributed by atoms with van der Waals surface area (Å²) >= 11 is 14.9. The Morgan fingerprint density at radius 2 is 2.00 bits per heavy atom. The molecular weight excluding hydrogens is 414 g/mol. The number of hydrogen-bond donors (Lipinski definition) is 1. The second-order valence-electron chi connectivity index (χ2n) is 5.87. The lowest BCUT2D eigenvalue weighted by atomic mass is 10.2. The van der Waals surface area contributed by atoms with Gasteiger partial charge in [-0.15, -0.1) is 0 Å². The summed E-state index contributed by atoms with van der Waals surface area (Å²) in [5, 5.41) is 4.49. The first-order valence-electron chi connectivity index (χ1n) is 7.96. The standard InChI is InChI=1S/C16H19BrClN3O2S/c17-12-4-3-11(10-13(12)18)19-16(24)21-7-5-20(6-8-21)15(22)14-2-1-9-23-14/h3-4,10,14H,1-2,5-9H2,(H,19,24). The summed E-state index contributed by atoms with van der Waals surface area (Å²) < 4.78 is 6.33. The highest BCUT2D eigenvalue weighted by molar-refractivity contribution is 9.10. The van der Waals surface area contributed by atoms with Gasteiger partial charge in [0.2, 0.25) is 0 Å². The quantitative estimate of drug-likeness (QED) is 0.728. The van der Waals surface area contributed by atoms with Crippen molar-refractivity contribution in [2.75, 3.05) is 38.1 Å². The van der Waals surface area contributed by atoms with E-state index in [0.29, 0.717) is 42.9 Å². The molecule has 2 aliphatic heterocycles. The Labute approximate surface area is 160 Å². The molecule has 5 nitrogen and oxygen atoms in total. The number of ether oxygens (including phenoxy) is 1. The number of rotatable bonds is 2. The molecule has 1 aromatic carbocycles. The van der Waals surface area contributed by atoms with Crippen LogP contribution in [0.2, 0.25) is 5.02 Å². The van der Waals surface area contributed by atoms with Gasteiger partial charge in [0, 0.05) is 42.9 Å². The zero-order chi connectivity index (χ0) is 17.1. The smallest absolute Gasteiger partial charge is 0.251 e. The highest BCUT2D eigenvalue weighted by Crippen LogP contribution is 2.25. The zero-order valence-corrected chi connectivity index (χ0v) is 16.3. The van der Waals surface area contributed by atoms with Crippen molar-refractivity contribution in [1.29, 1.82) is 0 Å². The largest absolute Gasteiger partial charge is 0.368 e. The third-order valence-electron chi connectivity index (χ3n) is 4.25. The lowest BCUT2D eigenvalue weighted by Gasteiger charge is -2.37. The first kappa shape index (κ1) is 17.9. The first-order chi connectivity index (χ1) is 11.5. The van der Waals surface area contributed by atoms with Crippen molar-refractivity contribution in [3.63, 3.8) is 0 Å². The number of carbonyl (C=O) groups excluding carboxylic acids is 1. The Morgan fingerprint density at radius 1 is 1.29 bits per heavy atom. The van der Waals surface area contributed by atoms with Gasteiger partial charge in [-0.25, -0.2) is 0 Å². The minimum atomic E-state index is -0.244. The number of benzene rings is 1. The van der Waals surface area contributed by atoms with Crippen LogP contribution in [0.25, 0.3) is 0 Å². The van der Waals surface area contributed by atoms with Crippen molar-refractivity contribution in [2.45, 2.75) is 18.9 Å². The van der Waals surface area contributed by atoms with Crippen LogP contribution in [-0.4, -0.2) is 59.7 Å². The molecule has 0 aliphatic carbocycles. The Balaban J connectivity index is 1.51. The van der Waals surface area contributed by atoms with E-state index in [2.05, 4.69) is 26.1 Å². The van der Waals surface area contributed by atoms with Crippen LogP contribution in [-0.2, 0) is 9.53 Å². The van der Waals surface area contributed by atoms with E-state index in [1.54, 1.807) is 0 Å². The van der Waals surface area contributed by atoms with Gasteiger partial charge in [-0.05, 0) is 59.2 Å². The lowest BCUT2D eigenvalue weighted by Crippen LogP contribution is -2.53. The van der Waals surface area contributed by atoms with Gasteiger partial charge in [0.25, 0.3) is 5.91 Å². The molecule has 0 spiro atoms. The Bertz CT molecular complexity index is 632. The van der Waals surface area contributed by atoms with Gasteiger partial charge in [-0.2, -0.15) is 0 Å². The second kappa shape index (κ2) is 7.99. The molecule has 0 radical (unpaired) electrons. The van der Waals surface area contributed by atoms with E-state index in [9.17, 15) is 4.79 Å². The predicted octanol–water partition coefficient (Wildman–Crippen LogP) is 3.12. The highest BCUT2D eigenvalue weighted by Gasteiger charge is 2.30. The summed E-state index contributed by atoms with van der Waals surface area (Å²) in [7, 11) is 0. The summed E-state index contributed by atoms with van der Waals surface area (Å²) in [6.07, 6.45) is 1.57. The third-order valence-corrected chi connectivity index (χ3v) is 5.85. The second-order valence-corrected chi connectivity index (χ2v) is 7.52. The molecule has 130 valence electrons. The van der Waals surface area contributed by atoms with Crippen LogP contribution in [0.3, 0.4) is 0 Å². The number of thiocarbonyl (C=S) groups is 1. The molecule has 3 rings (SSSR count). The van der Waals surface area contributed by atoms with Crippen molar-refractivity contribution in [3.8, 4) is 0 Å². The maximum atomic E-state index is 12.4. The Hall–Kier alpha value is -0.890. The van der Waals surface area contributed by atoms with Crippen LogP contribution < -0.4 is 5.32 Å². The van der Waals surface area contributed by atoms with Gasteiger partial charge in [-0.1, -0.05) is 11.6 Å². The fraction of sp³-hybridized carbons (Fsp3) is 0.500. The molecule has 0 bridgehead atoms. The molecule has 0 aromatic heterocycles. The minimum Gasteiger partial charge on any atom is -0.368 e. The van der Waals surface area contributed by atoms with Crippen LogP contribution in [0.4, 0.5) is 5.69 Å². The molecule has 1 unspecified atom stereocenters. The number of hydrogen-bond acceptors (Lipinski definition) is 3. The fourth-order valence-corrected chi connectivity index (χ4v) is 3.61. The number of amides is 1. The molecule has 2 aliphatic rings. The number of carbonyl (C=O) groups is 1. The molecule has 1 N–H and O–H groups in total. The van der Waals surface area contributed by atoms with E-state index in [4.69, 9.17) is 28.6 Å². The van der Waals surface area contributed by atoms with E-state index in [0.717, 1.165) is 23.0 Å². The van der Waals surface area contributed by atoms with Gasteiger partial charge in [0.15, 0.2) is 5.11 Å². The molecule has 0 saturated carbocycles. The topological polar surface area (TPSA) is 44.8 Å². The molecule has 2 fully saturated rings. The zero-order valence-electron chi connectivity index (χ0n) is 13.1. The van der Waals surface area contributed by atoms with Crippen LogP contribution in [0, 0.1) is 0 Å². The summed E-state index contributed by atoms with van der Waals surface area (Å²) in [4.78, 5) is 16.3. The minimum absolute atomic E-state index is 0.116. The van der Waals surface area contributed by atoms with E-state index in [1.807, 2.05) is 23.1 Å². The molecule has 1 aromatic rings. The molecule has 2 heterocycles. The molecule has 1 amide bonds. The van der Waals surface area contributed by atoms with Gasteiger partial charge >= 0.3 is 0 Å².